The SMILES string of the molecule is N#CCc1ccc(CC2CC(=O)N(CC(=O)O)C2=O)cc1. The third kappa shape index (κ3) is 3.45. The molecule has 1 saturated heterocycles. The Kier molecular flexibility index (Phi) is 4.33. The van der Waals surface area contributed by atoms with Crippen molar-refractivity contribution in [2.24, 2.45) is 5.92 Å². The van der Waals surface area contributed by atoms with Crippen LogP contribution in [0.15, 0.2) is 24.3 Å². The standard InChI is InChI=1S/C15H14N2O4/c16-6-5-10-1-3-11(4-2-10)7-12-8-13(18)17(15(12)21)9-14(19)20/h1-4,12H,5,7-9H2,(H,19,20). The highest BCUT2D eigenvalue weighted by atomic mass is 16.4. The van der Waals surface area contributed by atoms with E-state index in [1.807, 2.05) is 24.3 Å². The first kappa shape index (κ1) is 14.7. The zero-order chi connectivity index (χ0) is 15.4. The number of hydrogen-bond acceptors (Lipinski definition) is 4. The fourth-order valence-electron chi connectivity index (χ4n) is 2.38. The first-order chi connectivity index (χ1) is 10.0. The lowest BCUT2D eigenvalue weighted by atomic mass is 9.97. The van der Waals surface area contributed by atoms with E-state index >= 15 is 0 Å². The molecule has 0 radical (unpaired) electrons. The van der Waals surface area contributed by atoms with Crippen LogP contribution in [0, 0.1) is 17.2 Å². The molecule has 1 aliphatic rings. The van der Waals surface area contributed by atoms with Crippen molar-refractivity contribution >= 4 is 17.8 Å². The summed E-state index contributed by atoms with van der Waals surface area (Å²) in [5, 5.41) is 17.3. The molecule has 1 N–H and O–H groups in total. The number of benzene rings is 1. The van der Waals surface area contributed by atoms with Gasteiger partial charge in [0, 0.05) is 6.42 Å². The number of likely N-dealkylation sites (tertiary alicyclic amines) is 1. The molecular weight excluding hydrogens is 272 g/mol. The van der Waals surface area contributed by atoms with Gasteiger partial charge in [0.2, 0.25) is 11.8 Å². The average Bonchev–Trinajstić information content (AvgIpc) is 2.69. The summed E-state index contributed by atoms with van der Waals surface area (Å²) in [6.45, 7) is -0.574. The second-order valence-corrected chi connectivity index (χ2v) is 4.97. The molecule has 0 aliphatic carbocycles. The first-order valence-electron chi connectivity index (χ1n) is 6.52. The molecule has 0 saturated carbocycles. The molecule has 1 heterocycles. The quantitative estimate of drug-likeness (QED) is 0.805. The molecule has 0 spiro atoms. The number of carboxylic acids is 1. The Labute approximate surface area is 121 Å². The van der Waals surface area contributed by atoms with E-state index in [9.17, 15) is 14.4 Å². The van der Waals surface area contributed by atoms with E-state index in [1.54, 1.807) is 0 Å². The zero-order valence-electron chi connectivity index (χ0n) is 11.3. The van der Waals surface area contributed by atoms with E-state index in [0.717, 1.165) is 16.0 Å². The van der Waals surface area contributed by atoms with Gasteiger partial charge in [0.25, 0.3) is 0 Å². The van der Waals surface area contributed by atoms with Gasteiger partial charge in [0.15, 0.2) is 0 Å². The average molecular weight is 286 g/mol. The Balaban J connectivity index is 2.03. The van der Waals surface area contributed by atoms with Crippen LogP contribution in [0.25, 0.3) is 0 Å². The van der Waals surface area contributed by atoms with E-state index in [2.05, 4.69) is 6.07 Å². The second-order valence-electron chi connectivity index (χ2n) is 4.97. The Bertz CT molecular complexity index is 616. The summed E-state index contributed by atoms with van der Waals surface area (Å²) in [5.74, 6) is -2.56. The summed E-state index contributed by atoms with van der Waals surface area (Å²) in [4.78, 5) is 35.1. The molecule has 21 heavy (non-hydrogen) atoms. The Morgan fingerprint density at radius 2 is 1.90 bits per heavy atom. The Morgan fingerprint density at radius 1 is 1.29 bits per heavy atom. The van der Waals surface area contributed by atoms with Crippen molar-refractivity contribution in [3.05, 3.63) is 35.4 Å². The van der Waals surface area contributed by atoms with Crippen LogP contribution in [0.5, 0.6) is 0 Å². The van der Waals surface area contributed by atoms with Gasteiger partial charge in [-0.05, 0) is 17.5 Å². The number of aliphatic carboxylic acids is 1. The molecule has 1 aromatic carbocycles. The van der Waals surface area contributed by atoms with Gasteiger partial charge < -0.3 is 5.11 Å². The number of carbonyl (C=O) groups is 3. The molecule has 0 aromatic heterocycles. The van der Waals surface area contributed by atoms with Crippen LogP contribution >= 0.6 is 0 Å². The number of carbonyl (C=O) groups excluding carboxylic acids is 2. The topological polar surface area (TPSA) is 98.5 Å². The molecule has 1 fully saturated rings. The molecule has 1 aliphatic heterocycles. The van der Waals surface area contributed by atoms with E-state index in [1.165, 1.54) is 0 Å². The molecule has 2 amide bonds. The molecule has 2 rings (SSSR count). The monoisotopic (exact) mass is 286 g/mol. The Morgan fingerprint density at radius 3 is 2.48 bits per heavy atom. The van der Waals surface area contributed by atoms with Crippen LogP contribution in [0.3, 0.4) is 0 Å². The number of nitriles is 1. The molecule has 1 unspecified atom stereocenters. The lowest BCUT2D eigenvalue weighted by Gasteiger charge is -2.12. The van der Waals surface area contributed by atoms with Crippen molar-refractivity contribution in [3.8, 4) is 6.07 Å². The highest BCUT2D eigenvalue weighted by molar-refractivity contribution is 6.05. The minimum atomic E-state index is -1.20. The summed E-state index contributed by atoms with van der Waals surface area (Å²) >= 11 is 0. The fraction of sp³-hybridized carbons (Fsp3) is 0.333. The summed E-state index contributed by atoms with van der Waals surface area (Å²) in [6.07, 6.45) is 0.771. The highest BCUT2D eigenvalue weighted by Crippen LogP contribution is 2.23. The maximum atomic E-state index is 12.0. The molecule has 0 bridgehead atoms. The van der Waals surface area contributed by atoms with Crippen molar-refractivity contribution < 1.29 is 19.5 Å². The predicted molar refractivity (Wildman–Crippen MR) is 71.9 cm³/mol. The van der Waals surface area contributed by atoms with Gasteiger partial charge in [0.05, 0.1) is 18.4 Å². The van der Waals surface area contributed by atoms with Crippen molar-refractivity contribution in [2.45, 2.75) is 19.3 Å². The smallest absolute Gasteiger partial charge is 0.323 e. The normalized spacial score (nSPS) is 17.9. The van der Waals surface area contributed by atoms with Crippen molar-refractivity contribution in [1.29, 1.82) is 5.26 Å². The summed E-state index contributed by atoms with van der Waals surface area (Å²) in [7, 11) is 0. The van der Waals surface area contributed by atoms with Crippen LogP contribution in [-0.4, -0.2) is 34.3 Å². The number of amides is 2. The molecule has 108 valence electrons. The van der Waals surface area contributed by atoms with Gasteiger partial charge in [-0.1, -0.05) is 24.3 Å². The minimum Gasteiger partial charge on any atom is -0.480 e. The van der Waals surface area contributed by atoms with Crippen LogP contribution in [-0.2, 0) is 27.2 Å². The fourth-order valence-corrected chi connectivity index (χ4v) is 2.38. The zero-order valence-corrected chi connectivity index (χ0v) is 11.3. The number of nitrogens with zero attached hydrogens (tertiary/aromatic N) is 2. The second kappa shape index (κ2) is 6.18. The number of rotatable bonds is 5. The van der Waals surface area contributed by atoms with Gasteiger partial charge in [-0.15, -0.1) is 0 Å². The van der Waals surface area contributed by atoms with Gasteiger partial charge in [-0.3, -0.25) is 19.3 Å². The summed E-state index contributed by atoms with van der Waals surface area (Å²) in [5.41, 5.74) is 1.78. The van der Waals surface area contributed by atoms with Crippen molar-refractivity contribution in [1.82, 2.24) is 4.90 Å². The number of carboxylic acid groups (broad SMARTS) is 1. The van der Waals surface area contributed by atoms with Crippen LogP contribution in [0.4, 0.5) is 0 Å². The largest absolute Gasteiger partial charge is 0.480 e. The van der Waals surface area contributed by atoms with Gasteiger partial charge in [-0.2, -0.15) is 5.26 Å². The third-order valence-corrected chi connectivity index (χ3v) is 3.42. The summed E-state index contributed by atoms with van der Waals surface area (Å²) < 4.78 is 0. The van der Waals surface area contributed by atoms with E-state index in [0.29, 0.717) is 12.8 Å². The lowest BCUT2D eigenvalue weighted by Crippen LogP contribution is -2.35. The van der Waals surface area contributed by atoms with Gasteiger partial charge >= 0.3 is 5.97 Å². The van der Waals surface area contributed by atoms with Crippen LogP contribution in [0.2, 0.25) is 0 Å². The Hall–Kier alpha value is -2.68. The van der Waals surface area contributed by atoms with Gasteiger partial charge in [0.1, 0.15) is 6.54 Å². The maximum absolute atomic E-state index is 12.0. The van der Waals surface area contributed by atoms with Gasteiger partial charge in [-0.25, -0.2) is 0 Å². The van der Waals surface area contributed by atoms with E-state index in [-0.39, 0.29) is 6.42 Å². The third-order valence-electron chi connectivity index (χ3n) is 3.42. The minimum absolute atomic E-state index is 0.0477. The molecular formula is C15H14N2O4. The van der Waals surface area contributed by atoms with E-state index in [4.69, 9.17) is 10.4 Å². The molecule has 1 aromatic rings. The number of imide groups is 1. The van der Waals surface area contributed by atoms with Crippen LogP contribution in [0.1, 0.15) is 17.5 Å². The maximum Gasteiger partial charge on any atom is 0.323 e. The molecule has 6 nitrogen and oxygen atoms in total. The predicted octanol–water partition coefficient (Wildman–Crippen LogP) is 0.755. The summed E-state index contributed by atoms with van der Waals surface area (Å²) in [6, 6.07) is 9.33. The van der Waals surface area contributed by atoms with E-state index < -0.39 is 30.2 Å². The van der Waals surface area contributed by atoms with Crippen LogP contribution < -0.4 is 0 Å². The molecule has 1 atom stereocenters. The highest BCUT2D eigenvalue weighted by Gasteiger charge is 2.39. The number of hydrogen-bond donors (Lipinski definition) is 1. The lowest BCUT2D eigenvalue weighted by molar-refractivity contribution is -0.149. The van der Waals surface area contributed by atoms with Crippen molar-refractivity contribution in [3.63, 3.8) is 0 Å². The first-order valence-corrected chi connectivity index (χ1v) is 6.52. The molecule has 6 heteroatoms. The van der Waals surface area contributed by atoms with Crippen molar-refractivity contribution in [2.75, 3.05) is 6.54 Å².